The molecule has 0 fully saturated rings. The minimum absolute atomic E-state index is 0.00650. The highest BCUT2D eigenvalue weighted by molar-refractivity contribution is 7.92. The second kappa shape index (κ2) is 9.77. The van der Waals surface area contributed by atoms with Crippen LogP contribution in [-0.4, -0.2) is 27.3 Å². The van der Waals surface area contributed by atoms with Crippen molar-refractivity contribution in [3.05, 3.63) is 90.0 Å². The molecule has 31 heavy (non-hydrogen) atoms. The summed E-state index contributed by atoms with van der Waals surface area (Å²) in [6.07, 6.45) is 0.120. The lowest BCUT2D eigenvalue weighted by Crippen LogP contribution is -2.42. The molecule has 3 aromatic rings. The van der Waals surface area contributed by atoms with Gasteiger partial charge in [-0.05, 0) is 54.1 Å². The first-order valence-corrected chi connectivity index (χ1v) is 10.8. The largest absolute Gasteiger partial charge is 0.497 e. The molecule has 0 aliphatic heterocycles. The first-order chi connectivity index (χ1) is 14.9. The van der Waals surface area contributed by atoms with Gasteiger partial charge < -0.3 is 4.74 Å². The Morgan fingerprint density at radius 2 is 1.48 bits per heavy atom. The summed E-state index contributed by atoms with van der Waals surface area (Å²) in [5.74, 6) is -0.329. The zero-order valence-corrected chi connectivity index (χ0v) is 17.5. The molecule has 2 amide bonds. The van der Waals surface area contributed by atoms with Gasteiger partial charge in [-0.2, -0.15) is 0 Å². The molecule has 0 saturated heterocycles. The fourth-order valence-corrected chi connectivity index (χ4v) is 3.74. The minimum Gasteiger partial charge on any atom is -0.497 e. The summed E-state index contributed by atoms with van der Waals surface area (Å²) in [5, 5.41) is 0. The molecule has 3 rings (SSSR count). The van der Waals surface area contributed by atoms with Gasteiger partial charge in [-0.1, -0.05) is 30.3 Å². The van der Waals surface area contributed by atoms with Crippen LogP contribution in [0.1, 0.15) is 15.9 Å². The molecule has 0 aromatic heterocycles. The maximum absolute atomic E-state index is 12.5. The van der Waals surface area contributed by atoms with Crippen LogP contribution in [0, 0.1) is 0 Å². The van der Waals surface area contributed by atoms with Gasteiger partial charge in [-0.25, -0.2) is 8.42 Å². The Morgan fingerprint density at radius 1 is 0.839 bits per heavy atom. The van der Waals surface area contributed by atoms with Crippen molar-refractivity contribution >= 4 is 27.5 Å². The van der Waals surface area contributed by atoms with Crippen molar-refractivity contribution in [3.8, 4) is 5.75 Å². The monoisotopic (exact) mass is 439 g/mol. The van der Waals surface area contributed by atoms with Crippen LogP contribution in [0.25, 0.3) is 0 Å². The molecule has 0 aliphatic rings. The van der Waals surface area contributed by atoms with E-state index in [1.807, 2.05) is 18.2 Å². The summed E-state index contributed by atoms with van der Waals surface area (Å²) in [4.78, 5) is 24.1. The summed E-state index contributed by atoms with van der Waals surface area (Å²) < 4.78 is 32.6. The molecule has 160 valence electrons. The van der Waals surface area contributed by atoms with Gasteiger partial charge in [-0.15, -0.1) is 0 Å². The van der Waals surface area contributed by atoms with Crippen molar-refractivity contribution in [3.63, 3.8) is 0 Å². The molecular weight excluding hydrogens is 418 g/mol. The smallest absolute Gasteiger partial charge is 0.269 e. The van der Waals surface area contributed by atoms with Crippen molar-refractivity contribution in [2.75, 3.05) is 11.8 Å². The van der Waals surface area contributed by atoms with E-state index in [4.69, 9.17) is 4.74 Å². The number of hydrogen-bond donors (Lipinski definition) is 3. The molecule has 0 unspecified atom stereocenters. The summed E-state index contributed by atoms with van der Waals surface area (Å²) in [6.45, 7) is 0. The van der Waals surface area contributed by atoms with Crippen LogP contribution in [0.15, 0.2) is 83.8 Å². The van der Waals surface area contributed by atoms with E-state index < -0.39 is 15.9 Å². The van der Waals surface area contributed by atoms with Crippen LogP contribution >= 0.6 is 0 Å². The van der Waals surface area contributed by atoms with Crippen LogP contribution in [0.5, 0.6) is 5.75 Å². The highest BCUT2D eigenvalue weighted by atomic mass is 32.2. The first-order valence-electron chi connectivity index (χ1n) is 9.27. The first kappa shape index (κ1) is 21.8. The number of nitrogens with one attached hydrogen (secondary N) is 3. The van der Waals surface area contributed by atoms with E-state index in [-0.39, 0.29) is 22.8 Å². The molecule has 3 aromatic carbocycles. The second-order valence-corrected chi connectivity index (χ2v) is 8.21. The zero-order chi connectivity index (χ0) is 22.3. The molecule has 0 atom stereocenters. The summed E-state index contributed by atoms with van der Waals surface area (Å²) in [5.41, 5.74) is 6.04. The van der Waals surface area contributed by atoms with Crippen LogP contribution in [0.2, 0.25) is 0 Å². The van der Waals surface area contributed by atoms with E-state index in [1.165, 1.54) is 31.4 Å². The molecule has 0 aliphatic carbocycles. The Hall–Kier alpha value is -3.85. The normalized spacial score (nSPS) is 10.7. The lowest BCUT2D eigenvalue weighted by atomic mass is 10.1. The SMILES string of the molecule is COc1ccc(NS(=O)(=O)c2ccc(C(=O)NNC(=O)Cc3ccccc3)cc2)cc1. The van der Waals surface area contributed by atoms with Crippen LogP contribution in [0.3, 0.4) is 0 Å². The minimum atomic E-state index is -3.83. The van der Waals surface area contributed by atoms with Gasteiger partial charge in [-0.3, -0.25) is 25.2 Å². The molecule has 0 spiro atoms. The Balaban J connectivity index is 1.58. The summed E-state index contributed by atoms with van der Waals surface area (Å²) in [7, 11) is -2.31. The van der Waals surface area contributed by atoms with Gasteiger partial charge in [0.1, 0.15) is 5.75 Å². The van der Waals surface area contributed by atoms with Crippen LogP contribution in [-0.2, 0) is 21.2 Å². The number of benzene rings is 3. The number of anilines is 1. The highest BCUT2D eigenvalue weighted by Gasteiger charge is 2.16. The van der Waals surface area contributed by atoms with Crippen molar-refractivity contribution in [1.82, 2.24) is 10.9 Å². The maximum atomic E-state index is 12.5. The molecule has 9 heteroatoms. The van der Waals surface area contributed by atoms with E-state index in [0.29, 0.717) is 11.4 Å². The standard InChI is InChI=1S/C22H21N3O5S/c1-30-19-11-9-18(10-12-19)25-31(28,29)20-13-7-17(8-14-20)22(27)24-23-21(26)15-16-5-3-2-4-6-16/h2-14,25H,15H2,1H3,(H,23,26)(H,24,27). The van der Waals surface area contributed by atoms with E-state index in [0.717, 1.165) is 5.56 Å². The molecule has 0 bridgehead atoms. The van der Waals surface area contributed by atoms with Crippen LogP contribution in [0.4, 0.5) is 5.69 Å². The van der Waals surface area contributed by atoms with Gasteiger partial charge in [0.05, 0.1) is 18.4 Å². The Morgan fingerprint density at radius 3 is 2.10 bits per heavy atom. The maximum Gasteiger partial charge on any atom is 0.269 e. The molecule has 0 heterocycles. The van der Waals surface area contributed by atoms with Crippen molar-refractivity contribution < 1.29 is 22.7 Å². The average molecular weight is 439 g/mol. The number of hydrazine groups is 1. The lowest BCUT2D eigenvalue weighted by molar-refractivity contribution is -0.121. The topological polar surface area (TPSA) is 114 Å². The van der Waals surface area contributed by atoms with E-state index in [1.54, 1.807) is 36.4 Å². The highest BCUT2D eigenvalue weighted by Crippen LogP contribution is 2.19. The average Bonchev–Trinajstić information content (AvgIpc) is 2.78. The molecule has 3 N–H and O–H groups in total. The quantitative estimate of drug-likeness (QED) is 0.490. The van der Waals surface area contributed by atoms with Gasteiger partial charge >= 0.3 is 0 Å². The molecule has 0 radical (unpaired) electrons. The van der Waals surface area contributed by atoms with E-state index in [9.17, 15) is 18.0 Å². The van der Waals surface area contributed by atoms with Gasteiger partial charge in [0.15, 0.2) is 0 Å². The zero-order valence-electron chi connectivity index (χ0n) is 16.7. The predicted octanol–water partition coefficient (Wildman–Crippen LogP) is 2.50. The summed E-state index contributed by atoms with van der Waals surface area (Å²) >= 11 is 0. The lowest BCUT2D eigenvalue weighted by Gasteiger charge is -2.10. The predicted molar refractivity (Wildman–Crippen MR) is 116 cm³/mol. The van der Waals surface area contributed by atoms with Gasteiger partial charge in [0.2, 0.25) is 5.91 Å². The third-order valence-corrected chi connectivity index (χ3v) is 5.69. The second-order valence-electron chi connectivity index (χ2n) is 6.52. The number of carbonyl (C=O) groups is 2. The van der Waals surface area contributed by atoms with Crippen molar-refractivity contribution in [2.45, 2.75) is 11.3 Å². The van der Waals surface area contributed by atoms with E-state index in [2.05, 4.69) is 15.6 Å². The van der Waals surface area contributed by atoms with Crippen molar-refractivity contribution in [2.24, 2.45) is 0 Å². The fraction of sp³-hybridized carbons (Fsp3) is 0.0909. The number of rotatable bonds is 7. The molecular formula is C22H21N3O5S. The third-order valence-electron chi connectivity index (χ3n) is 4.29. The molecule has 8 nitrogen and oxygen atoms in total. The van der Waals surface area contributed by atoms with Crippen LogP contribution < -0.4 is 20.3 Å². The Bertz CT molecular complexity index is 1150. The number of amides is 2. The van der Waals surface area contributed by atoms with Gasteiger partial charge in [0, 0.05) is 11.3 Å². The Kier molecular flexibility index (Phi) is 6.88. The Labute approximate surface area is 180 Å². The van der Waals surface area contributed by atoms with Gasteiger partial charge in [0.25, 0.3) is 15.9 Å². The number of hydrogen-bond acceptors (Lipinski definition) is 5. The number of sulfonamides is 1. The summed E-state index contributed by atoms with van der Waals surface area (Å²) in [6, 6.07) is 20.9. The number of methoxy groups -OCH3 is 1. The van der Waals surface area contributed by atoms with Crippen molar-refractivity contribution in [1.29, 1.82) is 0 Å². The fourth-order valence-electron chi connectivity index (χ4n) is 2.68. The number of ether oxygens (including phenoxy) is 1. The van der Waals surface area contributed by atoms with E-state index >= 15 is 0 Å². The number of carbonyl (C=O) groups excluding carboxylic acids is 2. The molecule has 0 saturated carbocycles. The third kappa shape index (κ3) is 6.06.